The first-order chi connectivity index (χ1) is 13.1. The molecule has 1 aliphatic heterocycles. The topological polar surface area (TPSA) is 73.1 Å². The Labute approximate surface area is 161 Å². The van der Waals surface area contributed by atoms with E-state index in [4.69, 9.17) is 19.9 Å². The normalized spacial score (nSPS) is 20.9. The maximum atomic E-state index is 6.08. The number of methoxy groups -OCH3 is 2. The van der Waals surface area contributed by atoms with Crippen molar-refractivity contribution in [3.05, 3.63) is 41.8 Å². The van der Waals surface area contributed by atoms with Crippen LogP contribution in [0.15, 0.2) is 36.1 Å². The molecule has 3 rings (SSSR count). The van der Waals surface area contributed by atoms with E-state index in [0.717, 1.165) is 44.0 Å². The summed E-state index contributed by atoms with van der Waals surface area (Å²) in [6.07, 6.45) is 4.43. The molecule has 27 heavy (non-hydrogen) atoms. The number of aromatic nitrogens is 1. The highest BCUT2D eigenvalue weighted by molar-refractivity contribution is 5.68. The summed E-state index contributed by atoms with van der Waals surface area (Å²) in [4.78, 5) is 9.17. The van der Waals surface area contributed by atoms with Gasteiger partial charge in [-0.3, -0.25) is 4.90 Å². The van der Waals surface area contributed by atoms with Crippen LogP contribution in [-0.4, -0.2) is 81.2 Å². The van der Waals surface area contributed by atoms with Crippen molar-refractivity contribution >= 4 is 11.4 Å². The van der Waals surface area contributed by atoms with E-state index in [-0.39, 0.29) is 0 Å². The van der Waals surface area contributed by atoms with Gasteiger partial charge >= 0.3 is 0 Å². The molecule has 0 radical (unpaired) electrons. The average Bonchev–Trinajstić information content (AvgIpc) is 2.69. The van der Waals surface area contributed by atoms with E-state index in [1.807, 2.05) is 24.3 Å². The molecule has 1 fully saturated rings. The molecule has 1 aromatic rings. The first kappa shape index (κ1) is 19.8. The van der Waals surface area contributed by atoms with Gasteiger partial charge in [0.2, 0.25) is 5.79 Å². The molecule has 0 spiro atoms. The van der Waals surface area contributed by atoms with Gasteiger partial charge in [-0.05, 0) is 30.8 Å². The van der Waals surface area contributed by atoms with Crippen LogP contribution in [0.3, 0.4) is 0 Å². The lowest BCUT2D eigenvalue weighted by Crippen LogP contribution is -2.46. The molecule has 1 aromatic heterocycles. The van der Waals surface area contributed by atoms with E-state index in [0.29, 0.717) is 24.6 Å². The van der Waals surface area contributed by atoms with Crippen LogP contribution in [0.1, 0.15) is 12.1 Å². The van der Waals surface area contributed by atoms with Crippen LogP contribution in [-0.2, 0) is 14.2 Å². The van der Waals surface area contributed by atoms with E-state index in [2.05, 4.69) is 21.8 Å². The number of nitrogen functional groups attached to an aromatic ring is 1. The molecule has 1 aliphatic carbocycles. The SMILES string of the molecule is COC1(OC)CC(c2cccc(N)n2)=CC=C1OCCN1CCN(C)CC1. The second kappa shape index (κ2) is 8.84. The van der Waals surface area contributed by atoms with Gasteiger partial charge < -0.3 is 24.8 Å². The van der Waals surface area contributed by atoms with Gasteiger partial charge in [0.1, 0.15) is 12.4 Å². The van der Waals surface area contributed by atoms with Crippen LogP contribution in [0.2, 0.25) is 0 Å². The Bertz CT molecular complexity index is 692. The molecule has 2 aliphatic rings. The number of allylic oxidation sites excluding steroid dienone is 2. The van der Waals surface area contributed by atoms with Gasteiger partial charge in [-0.2, -0.15) is 0 Å². The molecule has 1 saturated heterocycles. The number of anilines is 1. The number of rotatable bonds is 7. The standard InChI is InChI=1S/C20H30N4O3/c1-23-9-11-24(12-10-23)13-14-27-18-8-7-16(15-20(18,25-2)26-3)17-5-4-6-19(21)22-17/h4-8H,9-15H2,1-3H3,(H2,21,22). The van der Waals surface area contributed by atoms with Crippen LogP contribution in [0, 0.1) is 0 Å². The van der Waals surface area contributed by atoms with Gasteiger partial charge in [0.15, 0.2) is 5.76 Å². The van der Waals surface area contributed by atoms with Gasteiger partial charge in [0.05, 0.1) is 5.69 Å². The number of likely N-dealkylation sites (N-methyl/N-ethyl adjacent to an activating group) is 1. The molecule has 0 amide bonds. The lowest BCUT2D eigenvalue weighted by molar-refractivity contribution is -0.200. The Morgan fingerprint density at radius 1 is 1.11 bits per heavy atom. The number of hydrogen-bond donors (Lipinski definition) is 1. The van der Waals surface area contributed by atoms with Crippen LogP contribution < -0.4 is 5.73 Å². The minimum Gasteiger partial charge on any atom is -0.491 e. The van der Waals surface area contributed by atoms with Crippen molar-refractivity contribution in [2.45, 2.75) is 12.2 Å². The monoisotopic (exact) mass is 374 g/mol. The molecule has 0 bridgehead atoms. The number of pyridine rings is 1. The number of piperazine rings is 1. The van der Waals surface area contributed by atoms with Crippen molar-refractivity contribution in [2.75, 3.05) is 66.3 Å². The highest BCUT2D eigenvalue weighted by Gasteiger charge is 2.40. The van der Waals surface area contributed by atoms with E-state index in [1.54, 1.807) is 20.3 Å². The predicted octanol–water partition coefficient (Wildman–Crippen LogP) is 1.59. The van der Waals surface area contributed by atoms with Crippen molar-refractivity contribution in [2.24, 2.45) is 0 Å². The predicted molar refractivity (Wildman–Crippen MR) is 106 cm³/mol. The van der Waals surface area contributed by atoms with Gasteiger partial charge in [-0.25, -0.2) is 4.98 Å². The molecule has 7 heteroatoms. The molecule has 2 N–H and O–H groups in total. The van der Waals surface area contributed by atoms with Gasteiger partial charge in [0.25, 0.3) is 0 Å². The molecule has 2 heterocycles. The summed E-state index contributed by atoms with van der Waals surface area (Å²) in [5.74, 6) is 0.236. The molecule has 0 unspecified atom stereocenters. The molecular formula is C20H30N4O3. The minimum absolute atomic E-state index is 0.493. The van der Waals surface area contributed by atoms with E-state index < -0.39 is 5.79 Å². The summed E-state index contributed by atoms with van der Waals surface area (Å²) in [6.45, 7) is 5.84. The lowest BCUT2D eigenvalue weighted by atomic mass is 9.94. The van der Waals surface area contributed by atoms with Crippen LogP contribution in [0.5, 0.6) is 0 Å². The zero-order chi connectivity index (χ0) is 19.3. The summed E-state index contributed by atoms with van der Waals surface area (Å²) in [7, 11) is 5.43. The highest BCUT2D eigenvalue weighted by Crippen LogP contribution is 2.37. The number of nitrogens with zero attached hydrogens (tertiary/aromatic N) is 3. The Kier molecular flexibility index (Phi) is 6.49. The zero-order valence-electron chi connectivity index (χ0n) is 16.5. The first-order valence-corrected chi connectivity index (χ1v) is 9.34. The largest absolute Gasteiger partial charge is 0.491 e. The van der Waals surface area contributed by atoms with Gasteiger partial charge in [-0.1, -0.05) is 12.1 Å². The molecule has 0 aromatic carbocycles. The van der Waals surface area contributed by atoms with Crippen molar-refractivity contribution < 1.29 is 14.2 Å². The Balaban J connectivity index is 1.68. The maximum Gasteiger partial charge on any atom is 0.231 e. The first-order valence-electron chi connectivity index (χ1n) is 9.34. The van der Waals surface area contributed by atoms with Crippen LogP contribution >= 0.6 is 0 Å². The molecule has 7 nitrogen and oxygen atoms in total. The third-order valence-corrected chi connectivity index (χ3v) is 5.25. The minimum atomic E-state index is -0.946. The Hall–Kier alpha value is -1.93. The number of hydrogen-bond acceptors (Lipinski definition) is 7. The fourth-order valence-corrected chi connectivity index (χ4v) is 3.45. The number of nitrogens with two attached hydrogens (primary N) is 1. The third kappa shape index (κ3) is 4.68. The van der Waals surface area contributed by atoms with Crippen LogP contribution in [0.25, 0.3) is 5.57 Å². The summed E-state index contributed by atoms with van der Waals surface area (Å²) in [5, 5.41) is 0. The molecule has 0 saturated carbocycles. The van der Waals surface area contributed by atoms with Crippen molar-refractivity contribution in [3.8, 4) is 0 Å². The summed E-state index contributed by atoms with van der Waals surface area (Å²) in [6, 6.07) is 5.60. The van der Waals surface area contributed by atoms with Gasteiger partial charge in [-0.15, -0.1) is 0 Å². The lowest BCUT2D eigenvalue weighted by Gasteiger charge is -2.36. The second-order valence-electron chi connectivity index (χ2n) is 7.00. The quantitative estimate of drug-likeness (QED) is 0.727. The second-order valence-corrected chi connectivity index (χ2v) is 7.00. The fraction of sp³-hybridized carbons (Fsp3) is 0.550. The molecule has 148 valence electrons. The Morgan fingerprint density at radius 2 is 1.85 bits per heavy atom. The van der Waals surface area contributed by atoms with Crippen LogP contribution in [0.4, 0.5) is 5.82 Å². The Morgan fingerprint density at radius 3 is 2.52 bits per heavy atom. The van der Waals surface area contributed by atoms with E-state index >= 15 is 0 Å². The summed E-state index contributed by atoms with van der Waals surface area (Å²) < 4.78 is 17.6. The average molecular weight is 374 g/mol. The molecule has 0 atom stereocenters. The third-order valence-electron chi connectivity index (χ3n) is 5.25. The van der Waals surface area contributed by atoms with Gasteiger partial charge in [0, 0.05) is 53.4 Å². The smallest absolute Gasteiger partial charge is 0.231 e. The van der Waals surface area contributed by atoms with Crippen molar-refractivity contribution in [1.82, 2.24) is 14.8 Å². The summed E-state index contributed by atoms with van der Waals surface area (Å²) in [5.41, 5.74) is 7.64. The summed E-state index contributed by atoms with van der Waals surface area (Å²) >= 11 is 0. The van der Waals surface area contributed by atoms with E-state index in [1.165, 1.54) is 0 Å². The zero-order valence-corrected chi connectivity index (χ0v) is 16.5. The molecular weight excluding hydrogens is 344 g/mol. The van der Waals surface area contributed by atoms with Crippen molar-refractivity contribution in [1.29, 1.82) is 0 Å². The van der Waals surface area contributed by atoms with E-state index in [9.17, 15) is 0 Å². The fourth-order valence-electron chi connectivity index (χ4n) is 3.45. The highest BCUT2D eigenvalue weighted by atomic mass is 16.7. The number of ether oxygens (including phenoxy) is 3. The maximum absolute atomic E-state index is 6.08. The van der Waals surface area contributed by atoms with Crippen molar-refractivity contribution in [3.63, 3.8) is 0 Å².